The fourth-order valence-corrected chi connectivity index (χ4v) is 5.88. The maximum Gasteiger partial charge on any atom is 0.145 e. The van der Waals surface area contributed by atoms with Crippen LogP contribution < -0.4 is 4.74 Å². The summed E-state index contributed by atoms with van der Waals surface area (Å²) in [6.07, 6.45) is 1.86. The van der Waals surface area contributed by atoms with Gasteiger partial charge in [-0.25, -0.2) is 9.97 Å². The number of nitrogens with zero attached hydrogens (tertiary/aromatic N) is 6. The Labute approximate surface area is 231 Å². The van der Waals surface area contributed by atoms with Gasteiger partial charge in [0, 0.05) is 59.8 Å². The number of nitrogens with one attached hydrogen (secondary N) is 1. The van der Waals surface area contributed by atoms with Crippen molar-refractivity contribution in [2.75, 3.05) is 40.3 Å². The van der Waals surface area contributed by atoms with E-state index in [4.69, 9.17) is 19.2 Å². The van der Waals surface area contributed by atoms with Crippen molar-refractivity contribution in [1.82, 2.24) is 34.9 Å². The highest BCUT2D eigenvalue weighted by Crippen LogP contribution is 2.42. The van der Waals surface area contributed by atoms with Crippen LogP contribution in [-0.2, 0) is 6.54 Å². The molecule has 0 spiro atoms. The van der Waals surface area contributed by atoms with Crippen molar-refractivity contribution < 1.29 is 9.26 Å². The number of hydrogen-bond acceptors (Lipinski definition) is 8. The van der Waals surface area contributed by atoms with Gasteiger partial charge in [0.15, 0.2) is 0 Å². The molecule has 0 unspecified atom stereocenters. The summed E-state index contributed by atoms with van der Waals surface area (Å²) in [6, 6.07) is 14.4. The van der Waals surface area contributed by atoms with E-state index in [-0.39, 0.29) is 0 Å². The number of pyridine rings is 1. The van der Waals surface area contributed by atoms with Gasteiger partial charge in [0.25, 0.3) is 0 Å². The standard InChI is InChI=1S/C31H31N7O2/c1-18-28(19(2)40-36-18)23-15-25-22(16-26(23)39-4)29-30(21-9-10-32-24-8-6-5-7-20(21)24)34-27(35-31(29)33-25)17-38-13-11-37(3)12-14-38/h5-10,15-16H,11-14,17H2,1-4H3,(H,33,34,35). The van der Waals surface area contributed by atoms with Crippen LogP contribution in [0.25, 0.3) is 55.2 Å². The first kappa shape index (κ1) is 24.7. The Bertz CT molecular complexity index is 1860. The number of para-hydroxylation sites is 1. The number of aromatic nitrogens is 5. The van der Waals surface area contributed by atoms with Gasteiger partial charge in [0.1, 0.15) is 23.0 Å². The van der Waals surface area contributed by atoms with E-state index in [1.807, 2.05) is 38.2 Å². The largest absolute Gasteiger partial charge is 0.496 e. The summed E-state index contributed by atoms with van der Waals surface area (Å²) in [4.78, 5) is 23.3. The number of likely N-dealkylation sites (N-methyl/N-ethyl adjacent to an activating group) is 1. The predicted molar refractivity (Wildman–Crippen MR) is 156 cm³/mol. The molecule has 202 valence electrons. The molecule has 0 radical (unpaired) electrons. The van der Waals surface area contributed by atoms with Crippen molar-refractivity contribution in [3.8, 4) is 28.1 Å². The molecule has 1 aliphatic heterocycles. The number of rotatable bonds is 5. The summed E-state index contributed by atoms with van der Waals surface area (Å²) in [5, 5.41) is 7.20. The van der Waals surface area contributed by atoms with Gasteiger partial charge < -0.3 is 19.1 Å². The highest BCUT2D eigenvalue weighted by atomic mass is 16.5. The monoisotopic (exact) mass is 533 g/mol. The third-order valence-electron chi connectivity index (χ3n) is 7.99. The third-order valence-corrected chi connectivity index (χ3v) is 7.99. The zero-order valence-corrected chi connectivity index (χ0v) is 23.2. The lowest BCUT2D eigenvalue weighted by atomic mass is 9.99. The first-order valence-corrected chi connectivity index (χ1v) is 13.6. The van der Waals surface area contributed by atoms with Crippen LogP contribution in [0.15, 0.2) is 53.2 Å². The van der Waals surface area contributed by atoms with Gasteiger partial charge in [0.2, 0.25) is 0 Å². The van der Waals surface area contributed by atoms with E-state index in [0.29, 0.717) is 6.54 Å². The second-order valence-electron chi connectivity index (χ2n) is 10.6. The number of hydrogen-bond donors (Lipinski definition) is 1. The Kier molecular flexibility index (Phi) is 5.98. The van der Waals surface area contributed by atoms with E-state index in [1.54, 1.807) is 7.11 Å². The molecule has 9 nitrogen and oxygen atoms in total. The van der Waals surface area contributed by atoms with Crippen LogP contribution in [0, 0.1) is 13.8 Å². The van der Waals surface area contributed by atoms with Crippen molar-refractivity contribution >= 4 is 32.8 Å². The summed E-state index contributed by atoms with van der Waals surface area (Å²) in [7, 11) is 3.86. The number of ether oxygens (including phenoxy) is 1. The molecule has 0 saturated carbocycles. The van der Waals surface area contributed by atoms with Gasteiger partial charge in [0.05, 0.1) is 41.5 Å². The van der Waals surface area contributed by atoms with Crippen molar-refractivity contribution in [1.29, 1.82) is 0 Å². The fourth-order valence-electron chi connectivity index (χ4n) is 5.88. The van der Waals surface area contributed by atoms with Crippen LogP contribution in [0.1, 0.15) is 17.3 Å². The van der Waals surface area contributed by atoms with Gasteiger partial charge in [-0.2, -0.15) is 0 Å². The maximum absolute atomic E-state index is 5.91. The third kappa shape index (κ3) is 4.09. The molecule has 0 aliphatic carbocycles. The molecule has 0 amide bonds. The van der Waals surface area contributed by atoms with Crippen molar-refractivity contribution in [3.63, 3.8) is 0 Å². The Morgan fingerprint density at radius 3 is 2.58 bits per heavy atom. The molecule has 0 bridgehead atoms. The maximum atomic E-state index is 5.91. The average molecular weight is 534 g/mol. The minimum atomic E-state index is 0.697. The minimum absolute atomic E-state index is 0.697. The topological polar surface area (TPSA) is 96.2 Å². The quantitative estimate of drug-likeness (QED) is 0.317. The zero-order chi connectivity index (χ0) is 27.4. The molecule has 6 aromatic rings. The lowest BCUT2D eigenvalue weighted by Gasteiger charge is -2.31. The van der Waals surface area contributed by atoms with Crippen molar-refractivity contribution in [2.24, 2.45) is 0 Å². The molecular weight excluding hydrogens is 502 g/mol. The number of fused-ring (bicyclic) bond motifs is 4. The molecule has 40 heavy (non-hydrogen) atoms. The van der Waals surface area contributed by atoms with Crippen LogP contribution in [0.2, 0.25) is 0 Å². The number of benzene rings is 2. The highest BCUT2D eigenvalue weighted by molar-refractivity contribution is 6.15. The number of H-pyrrole nitrogens is 1. The minimum Gasteiger partial charge on any atom is -0.496 e. The summed E-state index contributed by atoms with van der Waals surface area (Å²) >= 11 is 0. The van der Waals surface area contributed by atoms with Crippen LogP contribution in [-0.4, -0.2) is 75.2 Å². The molecule has 1 saturated heterocycles. The Morgan fingerprint density at radius 2 is 1.80 bits per heavy atom. The molecular formula is C31H31N7O2. The lowest BCUT2D eigenvalue weighted by Crippen LogP contribution is -2.44. The van der Waals surface area contributed by atoms with Crippen LogP contribution in [0.3, 0.4) is 0 Å². The average Bonchev–Trinajstić information content (AvgIpc) is 3.50. The first-order chi connectivity index (χ1) is 19.5. The Balaban J connectivity index is 1.48. The van der Waals surface area contributed by atoms with Gasteiger partial charge in [-0.1, -0.05) is 23.4 Å². The molecule has 4 aromatic heterocycles. The van der Waals surface area contributed by atoms with Crippen LogP contribution in [0.4, 0.5) is 0 Å². The summed E-state index contributed by atoms with van der Waals surface area (Å²) in [6.45, 7) is 8.65. The van der Waals surface area contributed by atoms with Crippen LogP contribution in [0.5, 0.6) is 5.75 Å². The van der Waals surface area contributed by atoms with Gasteiger partial charge in [-0.15, -0.1) is 0 Å². The van der Waals surface area contributed by atoms with Crippen LogP contribution >= 0.6 is 0 Å². The highest BCUT2D eigenvalue weighted by Gasteiger charge is 2.23. The summed E-state index contributed by atoms with van der Waals surface area (Å²) in [5.74, 6) is 2.30. The van der Waals surface area contributed by atoms with E-state index < -0.39 is 0 Å². The van der Waals surface area contributed by atoms with E-state index in [2.05, 4.69) is 56.2 Å². The number of aryl methyl sites for hydroxylation is 2. The normalized spacial score (nSPS) is 15.0. The Morgan fingerprint density at radius 1 is 0.975 bits per heavy atom. The van der Waals surface area contributed by atoms with E-state index >= 15 is 0 Å². The molecule has 0 atom stereocenters. The number of methoxy groups -OCH3 is 1. The van der Waals surface area contributed by atoms with Crippen molar-refractivity contribution in [3.05, 3.63) is 65.9 Å². The number of piperazine rings is 1. The molecule has 9 heteroatoms. The van der Waals surface area contributed by atoms with Gasteiger partial charge in [-0.05, 0) is 45.2 Å². The second-order valence-corrected chi connectivity index (χ2v) is 10.6. The van der Waals surface area contributed by atoms with Crippen molar-refractivity contribution in [2.45, 2.75) is 20.4 Å². The molecule has 7 rings (SSSR count). The predicted octanol–water partition coefficient (Wildman–Crippen LogP) is 5.35. The molecule has 1 fully saturated rings. The zero-order valence-electron chi connectivity index (χ0n) is 23.2. The molecule has 1 N–H and O–H groups in total. The van der Waals surface area contributed by atoms with Gasteiger partial charge >= 0.3 is 0 Å². The van der Waals surface area contributed by atoms with E-state index in [9.17, 15) is 0 Å². The number of aromatic amines is 1. The smallest absolute Gasteiger partial charge is 0.145 e. The SMILES string of the molecule is COc1cc2c(cc1-c1c(C)noc1C)[nH]c1nc(CN3CCN(C)CC3)nc(-c3ccnc4ccccc34)c12. The molecule has 2 aromatic carbocycles. The summed E-state index contributed by atoms with van der Waals surface area (Å²) < 4.78 is 11.4. The van der Waals surface area contributed by atoms with Gasteiger partial charge in [-0.3, -0.25) is 9.88 Å². The first-order valence-electron chi connectivity index (χ1n) is 13.6. The second kappa shape index (κ2) is 9.69. The van der Waals surface area contributed by atoms with E-state index in [1.165, 1.54) is 0 Å². The molecule has 5 heterocycles. The van der Waals surface area contributed by atoms with E-state index in [0.717, 1.165) is 104 Å². The lowest BCUT2D eigenvalue weighted by molar-refractivity contribution is 0.145. The summed E-state index contributed by atoms with van der Waals surface area (Å²) in [5.41, 5.74) is 7.33. The Hall–Kier alpha value is -4.34. The molecule has 1 aliphatic rings. The fraction of sp³-hybridized carbons (Fsp3) is 0.290.